The molecule has 32 heavy (non-hydrogen) atoms. The molecule has 0 spiro atoms. The summed E-state index contributed by atoms with van der Waals surface area (Å²) in [5.41, 5.74) is 9.03. The Balaban J connectivity index is 2.27. The summed E-state index contributed by atoms with van der Waals surface area (Å²) >= 11 is 0. The first-order valence-electron chi connectivity index (χ1n) is 10.5. The Morgan fingerprint density at radius 3 is 2.72 bits per heavy atom. The van der Waals surface area contributed by atoms with E-state index in [-0.39, 0.29) is 12.5 Å². The molecule has 1 aromatic carbocycles. The van der Waals surface area contributed by atoms with Crippen LogP contribution in [0.15, 0.2) is 18.2 Å². The molecule has 4 N–H and O–H groups in total. The third kappa shape index (κ3) is 7.60. The second-order valence-corrected chi connectivity index (χ2v) is 7.55. The van der Waals surface area contributed by atoms with Crippen LogP contribution in [0.2, 0.25) is 0 Å². The summed E-state index contributed by atoms with van der Waals surface area (Å²) in [5, 5.41) is 12.3. The van der Waals surface area contributed by atoms with E-state index >= 15 is 0 Å². The summed E-state index contributed by atoms with van der Waals surface area (Å²) in [6, 6.07) is 5.38. The summed E-state index contributed by atoms with van der Waals surface area (Å²) in [4.78, 5) is 20.8. The van der Waals surface area contributed by atoms with Crippen LogP contribution in [-0.4, -0.2) is 59.1 Å². The number of nitrogens with two attached hydrogens (primary N) is 1. The van der Waals surface area contributed by atoms with E-state index in [0.717, 1.165) is 36.2 Å². The summed E-state index contributed by atoms with van der Waals surface area (Å²) in [5.74, 6) is 0.297. The van der Waals surface area contributed by atoms with Crippen LogP contribution in [0.3, 0.4) is 0 Å². The van der Waals surface area contributed by atoms with Crippen molar-refractivity contribution in [1.82, 2.24) is 14.9 Å². The monoisotopic (exact) mass is 451 g/mol. The molecule has 0 fully saturated rings. The van der Waals surface area contributed by atoms with E-state index in [1.807, 2.05) is 13.0 Å². The molecule has 1 heterocycles. The van der Waals surface area contributed by atoms with E-state index in [9.17, 15) is 13.6 Å². The predicted octanol–water partition coefficient (Wildman–Crippen LogP) is 3.33. The molecule has 0 aliphatic carbocycles. The van der Waals surface area contributed by atoms with Gasteiger partial charge in [-0.2, -0.15) is 4.98 Å². The van der Waals surface area contributed by atoms with Crippen molar-refractivity contribution >= 4 is 17.7 Å². The molecule has 0 atom stereocenters. The van der Waals surface area contributed by atoms with Crippen molar-refractivity contribution in [1.29, 1.82) is 0 Å². The number of nitrogens with one attached hydrogen (secondary N) is 1. The second-order valence-electron chi connectivity index (χ2n) is 7.55. The Bertz CT molecular complexity index is 911. The predicted molar refractivity (Wildman–Crippen MR) is 119 cm³/mol. The molecule has 2 aromatic rings. The number of aromatic nitrogens is 2. The Hall–Kier alpha value is -3.01. The molecule has 176 valence electrons. The van der Waals surface area contributed by atoms with E-state index in [1.54, 1.807) is 12.1 Å². The van der Waals surface area contributed by atoms with Crippen molar-refractivity contribution in [3.05, 3.63) is 40.6 Å². The largest absolute Gasteiger partial charge is 0.496 e. The number of rotatable bonds is 13. The number of ether oxygens (including phenoxy) is 1. The molecule has 0 bridgehead atoms. The number of aryl methyl sites for hydroxylation is 1. The van der Waals surface area contributed by atoms with Crippen molar-refractivity contribution < 1.29 is 23.4 Å². The number of carbonyl (C=O) groups is 1. The number of carboxylic acids is 1. The lowest BCUT2D eigenvalue weighted by Gasteiger charge is -2.21. The number of hydrogen-bond acceptors (Lipinski definition) is 7. The smallest absolute Gasteiger partial charge is 0.317 e. The minimum Gasteiger partial charge on any atom is -0.496 e. The van der Waals surface area contributed by atoms with Crippen molar-refractivity contribution in [2.75, 3.05) is 37.8 Å². The van der Waals surface area contributed by atoms with Crippen LogP contribution < -0.4 is 15.8 Å². The third-order valence-electron chi connectivity index (χ3n) is 4.93. The molecule has 2 rings (SSSR count). The average Bonchev–Trinajstić information content (AvgIpc) is 2.70. The van der Waals surface area contributed by atoms with Gasteiger partial charge in [0.05, 0.1) is 20.2 Å². The number of halogens is 2. The maximum Gasteiger partial charge on any atom is 0.317 e. The fourth-order valence-electron chi connectivity index (χ4n) is 3.41. The number of nitrogen functional groups attached to an aromatic ring is 1. The molecular weight excluding hydrogens is 420 g/mol. The van der Waals surface area contributed by atoms with E-state index < -0.39 is 25.5 Å². The molecule has 0 amide bonds. The van der Waals surface area contributed by atoms with Crippen LogP contribution >= 0.6 is 0 Å². The molecule has 10 heteroatoms. The van der Waals surface area contributed by atoms with Crippen LogP contribution in [0.4, 0.5) is 20.5 Å². The lowest BCUT2D eigenvalue weighted by molar-refractivity contribution is -0.138. The molecule has 8 nitrogen and oxygen atoms in total. The molecular formula is C22H31F2N5O3. The number of unbranched alkanes of at least 4 members (excludes halogenated alkanes) is 1. The Morgan fingerprint density at radius 1 is 1.34 bits per heavy atom. The van der Waals surface area contributed by atoms with Crippen molar-refractivity contribution in [2.24, 2.45) is 0 Å². The highest BCUT2D eigenvalue weighted by atomic mass is 19.3. The SMILES string of the molecule is CCCCNc1nc(N)nc(C)c1Cc1ccc(CN(CC(=O)O)CC(F)F)cc1OC. The number of alkyl halides is 2. The highest BCUT2D eigenvalue weighted by Crippen LogP contribution is 2.28. The maximum atomic E-state index is 12.8. The number of carboxylic acid groups (broad SMARTS) is 1. The van der Waals surface area contributed by atoms with Crippen LogP contribution in [-0.2, 0) is 17.8 Å². The summed E-state index contributed by atoms with van der Waals surface area (Å²) in [7, 11) is 1.53. The highest BCUT2D eigenvalue weighted by molar-refractivity contribution is 5.69. The van der Waals surface area contributed by atoms with Crippen LogP contribution in [0, 0.1) is 6.92 Å². The summed E-state index contributed by atoms with van der Waals surface area (Å²) < 4.78 is 31.2. The topological polar surface area (TPSA) is 114 Å². The highest BCUT2D eigenvalue weighted by Gasteiger charge is 2.18. The quantitative estimate of drug-likeness (QED) is 0.398. The minimum absolute atomic E-state index is 0.0705. The van der Waals surface area contributed by atoms with Crippen molar-refractivity contribution in [2.45, 2.75) is 46.1 Å². The van der Waals surface area contributed by atoms with Gasteiger partial charge in [0, 0.05) is 30.8 Å². The number of methoxy groups -OCH3 is 1. The van der Waals surface area contributed by atoms with Crippen LogP contribution in [0.1, 0.15) is 42.1 Å². The standard InChI is InChI=1S/C22H31F2N5O3/c1-4-5-8-26-21-17(14(2)27-22(25)28-21)10-16-7-6-15(9-18(16)32-3)11-29(12-19(23)24)13-20(30)31/h6-7,9,19H,4-5,8,10-13H2,1-3H3,(H,30,31)(H3,25,26,27,28). The van der Waals surface area contributed by atoms with Gasteiger partial charge in [-0.3, -0.25) is 9.69 Å². The number of hydrogen-bond donors (Lipinski definition) is 3. The van der Waals surface area contributed by atoms with Gasteiger partial charge in [-0.15, -0.1) is 0 Å². The molecule has 0 unspecified atom stereocenters. The van der Waals surface area contributed by atoms with Crippen LogP contribution in [0.25, 0.3) is 0 Å². The number of anilines is 2. The van der Waals surface area contributed by atoms with Gasteiger partial charge in [-0.1, -0.05) is 25.5 Å². The molecule has 1 aromatic heterocycles. The zero-order chi connectivity index (χ0) is 23.7. The van der Waals surface area contributed by atoms with Gasteiger partial charge in [0.25, 0.3) is 6.43 Å². The van der Waals surface area contributed by atoms with Gasteiger partial charge in [0.2, 0.25) is 5.95 Å². The van der Waals surface area contributed by atoms with Gasteiger partial charge in [0.1, 0.15) is 11.6 Å². The Kier molecular flexibility index (Phi) is 9.58. The number of benzene rings is 1. The minimum atomic E-state index is -2.62. The molecule has 0 radical (unpaired) electrons. The first-order valence-corrected chi connectivity index (χ1v) is 10.5. The Labute approximate surface area is 186 Å². The van der Waals surface area contributed by atoms with Gasteiger partial charge >= 0.3 is 5.97 Å². The van der Waals surface area contributed by atoms with Crippen LogP contribution in [0.5, 0.6) is 5.75 Å². The average molecular weight is 452 g/mol. The lowest BCUT2D eigenvalue weighted by atomic mass is 10.0. The molecule has 0 aliphatic rings. The number of nitrogens with zero attached hydrogens (tertiary/aromatic N) is 3. The van der Waals surface area contributed by atoms with Crippen molar-refractivity contribution in [3.63, 3.8) is 0 Å². The fourth-order valence-corrected chi connectivity index (χ4v) is 3.41. The fraction of sp³-hybridized carbons (Fsp3) is 0.500. The molecule has 0 aliphatic heterocycles. The second kappa shape index (κ2) is 12.1. The first kappa shape index (κ1) is 25.3. The zero-order valence-electron chi connectivity index (χ0n) is 18.7. The summed E-state index contributed by atoms with van der Waals surface area (Å²) in [6.07, 6.45) is -0.101. The van der Waals surface area contributed by atoms with E-state index in [0.29, 0.717) is 23.6 Å². The number of aliphatic carboxylic acids is 1. The van der Waals surface area contributed by atoms with Gasteiger partial charge in [-0.05, 0) is 30.5 Å². The van der Waals surface area contributed by atoms with Gasteiger partial charge in [0.15, 0.2) is 0 Å². The van der Waals surface area contributed by atoms with E-state index in [1.165, 1.54) is 12.0 Å². The van der Waals surface area contributed by atoms with E-state index in [2.05, 4.69) is 22.2 Å². The van der Waals surface area contributed by atoms with Crippen molar-refractivity contribution in [3.8, 4) is 5.75 Å². The van der Waals surface area contributed by atoms with Gasteiger partial charge < -0.3 is 20.9 Å². The molecule has 0 saturated heterocycles. The zero-order valence-corrected chi connectivity index (χ0v) is 18.7. The molecule has 0 saturated carbocycles. The maximum absolute atomic E-state index is 12.8. The Morgan fingerprint density at radius 2 is 2.09 bits per heavy atom. The first-order chi connectivity index (χ1) is 15.2. The third-order valence-corrected chi connectivity index (χ3v) is 4.93. The summed E-state index contributed by atoms with van der Waals surface area (Å²) in [6.45, 7) is 3.72. The van der Waals surface area contributed by atoms with Gasteiger partial charge in [-0.25, -0.2) is 13.8 Å². The normalized spacial score (nSPS) is 11.2. The van der Waals surface area contributed by atoms with E-state index in [4.69, 9.17) is 15.6 Å². The lowest BCUT2D eigenvalue weighted by Crippen LogP contribution is -2.33.